The molecule has 1 aromatic carbocycles. The number of benzene rings is 1. The van der Waals surface area contributed by atoms with Crippen LogP contribution in [0, 0.1) is 0 Å². The molecule has 0 bridgehead atoms. The number of carbonyl (C=O) groups excluding carboxylic acids is 1. The van der Waals surface area contributed by atoms with E-state index in [1.54, 1.807) is 25.3 Å². The van der Waals surface area contributed by atoms with Gasteiger partial charge in [-0.2, -0.15) is 0 Å². The molecule has 0 saturated carbocycles. The lowest BCUT2D eigenvalue weighted by atomic mass is 10.2. The summed E-state index contributed by atoms with van der Waals surface area (Å²) >= 11 is 0. The summed E-state index contributed by atoms with van der Waals surface area (Å²) in [7, 11) is 5.30. The van der Waals surface area contributed by atoms with Crippen molar-refractivity contribution in [2.45, 2.75) is 32.6 Å². The molecule has 1 aliphatic rings. The van der Waals surface area contributed by atoms with Crippen LogP contribution in [0.25, 0.3) is 11.5 Å². The quantitative estimate of drug-likeness (QED) is 0.478. The molecule has 1 aliphatic carbocycles. The fraction of sp³-hybridized carbons (Fsp3) is 0.385. The molecule has 8 nitrogen and oxygen atoms in total. The number of anilines is 2. The number of nitrogens with zero attached hydrogens (tertiary/aromatic N) is 5. The molecule has 34 heavy (non-hydrogen) atoms. The number of fused-ring (bicyclic) bond motifs is 1. The van der Waals surface area contributed by atoms with E-state index >= 15 is 0 Å². The van der Waals surface area contributed by atoms with Gasteiger partial charge in [0.2, 0.25) is 5.91 Å². The third-order valence-corrected chi connectivity index (χ3v) is 5.91. The highest BCUT2D eigenvalue weighted by atomic mass is 16.5. The average molecular weight is 462 g/mol. The van der Waals surface area contributed by atoms with E-state index in [9.17, 15) is 4.79 Å². The van der Waals surface area contributed by atoms with Crippen LogP contribution in [0.3, 0.4) is 0 Å². The average Bonchev–Trinajstić information content (AvgIpc) is 3.35. The van der Waals surface area contributed by atoms with Gasteiger partial charge in [0.05, 0.1) is 20.3 Å². The summed E-state index contributed by atoms with van der Waals surface area (Å²) in [6.07, 6.45) is 5.48. The van der Waals surface area contributed by atoms with Crippen molar-refractivity contribution in [3.63, 3.8) is 0 Å². The third kappa shape index (κ3) is 5.11. The monoisotopic (exact) mass is 461 g/mol. The molecular formula is C26H31N5O3. The molecule has 0 aliphatic heterocycles. The second-order valence-electron chi connectivity index (χ2n) is 8.38. The third-order valence-electron chi connectivity index (χ3n) is 5.91. The zero-order chi connectivity index (χ0) is 24.1. The Bertz CT molecular complexity index is 1150. The zero-order valence-corrected chi connectivity index (χ0v) is 20.2. The summed E-state index contributed by atoms with van der Waals surface area (Å²) in [5, 5.41) is 0. The number of hydrogen-bond donors (Lipinski definition) is 0. The summed E-state index contributed by atoms with van der Waals surface area (Å²) in [5.74, 6) is 2.81. The van der Waals surface area contributed by atoms with Gasteiger partial charge in [0, 0.05) is 43.3 Å². The van der Waals surface area contributed by atoms with E-state index in [2.05, 4.69) is 11.9 Å². The number of ether oxygens (including phenoxy) is 2. The number of amides is 1. The molecule has 0 saturated heterocycles. The lowest BCUT2D eigenvalue weighted by Crippen LogP contribution is -2.37. The molecule has 4 rings (SSSR count). The second kappa shape index (κ2) is 10.5. The number of rotatable bonds is 9. The Balaban J connectivity index is 1.57. The van der Waals surface area contributed by atoms with Crippen molar-refractivity contribution in [1.82, 2.24) is 15.0 Å². The van der Waals surface area contributed by atoms with E-state index in [0.29, 0.717) is 18.1 Å². The highest BCUT2D eigenvalue weighted by Crippen LogP contribution is 2.31. The summed E-state index contributed by atoms with van der Waals surface area (Å²) in [5.41, 5.74) is 3.62. The molecular weight excluding hydrogens is 430 g/mol. The molecule has 0 N–H and O–H groups in total. The van der Waals surface area contributed by atoms with E-state index in [1.807, 2.05) is 48.3 Å². The van der Waals surface area contributed by atoms with Gasteiger partial charge in [0.25, 0.3) is 0 Å². The van der Waals surface area contributed by atoms with Gasteiger partial charge in [-0.1, -0.05) is 6.92 Å². The van der Waals surface area contributed by atoms with Crippen LogP contribution >= 0.6 is 0 Å². The van der Waals surface area contributed by atoms with Gasteiger partial charge in [-0.05, 0) is 56.0 Å². The van der Waals surface area contributed by atoms with Gasteiger partial charge in [0.15, 0.2) is 5.82 Å². The van der Waals surface area contributed by atoms with E-state index < -0.39 is 0 Å². The normalized spacial score (nSPS) is 12.2. The maximum atomic E-state index is 13.1. The molecule has 0 fully saturated rings. The molecule has 1 amide bonds. The number of aromatic nitrogens is 3. The van der Waals surface area contributed by atoms with Crippen molar-refractivity contribution < 1.29 is 14.3 Å². The van der Waals surface area contributed by atoms with Crippen molar-refractivity contribution in [3.05, 3.63) is 53.9 Å². The standard InChI is InChI=1S/C26H31N5O3/c1-5-15-34-20-13-14-27-23(16-20)25-28-22-8-6-7-21(22)26(29-25)30(2)17-24(32)31(3)18-9-11-19(33-4)12-10-18/h9-14,16H,5-8,15,17H2,1-4H3. The van der Waals surface area contributed by atoms with Crippen molar-refractivity contribution >= 4 is 17.4 Å². The van der Waals surface area contributed by atoms with E-state index in [1.165, 1.54) is 0 Å². The van der Waals surface area contributed by atoms with Crippen LogP contribution in [0.15, 0.2) is 42.6 Å². The predicted molar refractivity (Wildman–Crippen MR) is 133 cm³/mol. The molecule has 0 radical (unpaired) electrons. The molecule has 0 unspecified atom stereocenters. The lowest BCUT2D eigenvalue weighted by molar-refractivity contribution is -0.117. The minimum Gasteiger partial charge on any atom is -0.497 e. The van der Waals surface area contributed by atoms with Crippen LogP contribution in [0.1, 0.15) is 31.0 Å². The van der Waals surface area contributed by atoms with Crippen molar-refractivity contribution in [2.24, 2.45) is 0 Å². The van der Waals surface area contributed by atoms with Gasteiger partial charge in [-0.15, -0.1) is 0 Å². The van der Waals surface area contributed by atoms with Crippen LogP contribution in [0.4, 0.5) is 11.5 Å². The number of aryl methyl sites for hydroxylation is 1. The van der Waals surface area contributed by atoms with E-state index in [0.717, 1.165) is 59.9 Å². The first-order chi connectivity index (χ1) is 16.5. The zero-order valence-electron chi connectivity index (χ0n) is 20.2. The van der Waals surface area contributed by atoms with Crippen LogP contribution in [0.2, 0.25) is 0 Å². The predicted octanol–water partition coefficient (Wildman–Crippen LogP) is 3.92. The minimum absolute atomic E-state index is 0.0346. The summed E-state index contributed by atoms with van der Waals surface area (Å²) in [6, 6.07) is 11.1. The Morgan fingerprint density at radius 1 is 1.06 bits per heavy atom. The first-order valence-electron chi connectivity index (χ1n) is 11.6. The Morgan fingerprint density at radius 3 is 2.59 bits per heavy atom. The summed E-state index contributed by atoms with van der Waals surface area (Å²) in [6.45, 7) is 2.91. The van der Waals surface area contributed by atoms with Crippen LogP contribution < -0.4 is 19.3 Å². The van der Waals surface area contributed by atoms with Crippen molar-refractivity contribution in [3.8, 4) is 23.0 Å². The number of methoxy groups -OCH3 is 1. The molecule has 0 atom stereocenters. The van der Waals surface area contributed by atoms with Crippen LogP contribution in [-0.2, 0) is 17.6 Å². The molecule has 3 aromatic rings. The number of likely N-dealkylation sites (N-methyl/N-ethyl adjacent to an activating group) is 2. The number of carbonyl (C=O) groups is 1. The summed E-state index contributed by atoms with van der Waals surface area (Å²) in [4.78, 5) is 30.8. The first kappa shape index (κ1) is 23.5. The largest absolute Gasteiger partial charge is 0.497 e. The second-order valence-corrected chi connectivity index (χ2v) is 8.38. The Kier molecular flexibility index (Phi) is 7.25. The van der Waals surface area contributed by atoms with Gasteiger partial charge in [-0.3, -0.25) is 9.78 Å². The summed E-state index contributed by atoms with van der Waals surface area (Å²) < 4.78 is 11.0. The SMILES string of the molecule is CCCOc1ccnc(-c2nc3c(c(N(C)CC(=O)N(C)c4ccc(OC)cc4)n2)CCC3)c1. The van der Waals surface area contributed by atoms with Gasteiger partial charge in [0.1, 0.15) is 23.0 Å². The molecule has 178 valence electrons. The Labute approximate surface area is 200 Å². The lowest BCUT2D eigenvalue weighted by Gasteiger charge is -2.24. The molecule has 0 spiro atoms. The maximum Gasteiger partial charge on any atom is 0.246 e. The van der Waals surface area contributed by atoms with Gasteiger partial charge < -0.3 is 19.3 Å². The van der Waals surface area contributed by atoms with Crippen LogP contribution in [-0.4, -0.2) is 55.2 Å². The number of hydrogen-bond acceptors (Lipinski definition) is 7. The van der Waals surface area contributed by atoms with Crippen molar-refractivity contribution in [1.29, 1.82) is 0 Å². The smallest absolute Gasteiger partial charge is 0.246 e. The van der Waals surface area contributed by atoms with Gasteiger partial charge in [-0.25, -0.2) is 9.97 Å². The van der Waals surface area contributed by atoms with Crippen molar-refractivity contribution in [2.75, 3.05) is 44.2 Å². The van der Waals surface area contributed by atoms with Crippen LogP contribution in [0.5, 0.6) is 11.5 Å². The van der Waals surface area contributed by atoms with E-state index in [-0.39, 0.29) is 12.5 Å². The Hall–Kier alpha value is -3.68. The molecule has 2 aromatic heterocycles. The fourth-order valence-corrected chi connectivity index (χ4v) is 4.02. The van der Waals surface area contributed by atoms with Gasteiger partial charge >= 0.3 is 0 Å². The topological polar surface area (TPSA) is 80.7 Å². The first-order valence-corrected chi connectivity index (χ1v) is 11.6. The molecule has 2 heterocycles. The highest BCUT2D eigenvalue weighted by Gasteiger charge is 2.24. The minimum atomic E-state index is -0.0346. The highest BCUT2D eigenvalue weighted by molar-refractivity contribution is 5.96. The molecule has 8 heteroatoms. The fourth-order valence-electron chi connectivity index (χ4n) is 4.02. The number of pyridine rings is 1. The maximum absolute atomic E-state index is 13.1. The van der Waals surface area contributed by atoms with E-state index in [4.69, 9.17) is 19.4 Å². The Morgan fingerprint density at radius 2 is 1.85 bits per heavy atom.